The van der Waals surface area contributed by atoms with Crippen molar-refractivity contribution in [2.45, 2.75) is 44.3 Å². The number of carboxylic acids is 2. The second-order valence-electron chi connectivity index (χ2n) is 9.30. The summed E-state index contributed by atoms with van der Waals surface area (Å²) in [7, 11) is 0. The van der Waals surface area contributed by atoms with Gasteiger partial charge in [0.15, 0.2) is 0 Å². The molecule has 0 spiro atoms. The van der Waals surface area contributed by atoms with Crippen LogP contribution in [0.25, 0.3) is 0 Å². The highest BCUT2D eigenvalue weighted by Crippen LogP contribution is 2.24. The summed E-state index contributed by atoms with van der Waals surface area (Å²) in [5.41, 5.74) is -0.768. The highest BCUT2D eigenvalue weighted by molar-refractivity contribution is 5.99. The predicted molar refractivity (Wildman–Crippen MR) is 136 cm³/mol. The van der Waals surface area contributed by atoms with Crippen molar-refractivity contribution in [2.75, 3.05) is 51.1 Å². The first-order chi connectivity index (χ1) is 17.7. The average Bonchev–Trinajstić information content (AvgIpc) is 2.83. The number of benzene rings is 1. The molecule has 2 aliphatic rings. The number of alkyl halides is 1. The van der Waals surface area contributed by atoms with Gasteiger partial charge in [-0.15, -0.1) is 0 Å². The third-order valence-electron chi connectivity index (χ3n) is 6.23. The first-order valence-electron chi connectivity index (χ1n) is 12.4. The zero-order valence-corrected chi connectivity index (χ0v) is 20.8. The molecule has 0 radical (unpaired) electrons. The van der Waals surface area contributed by atoms with Crippen molar-refractivity contribution in [3.63, 3.8) is 0 Å². The molecule has 0 saturated heterocycles. The maximum Gasteiger partial charge on any atom is 0.323 e. The fourth-order valence-corrected chi connectivity index (χ4v) is 4.19. The Morgan fingerprint density at radius 2 is 1.62 bits per heavy atom. The van der Waals surface area contributed by atoms with Gasteiger partial charge in [-0.1, -0.05) is 36.3 Å². The molecule has 10 heteroatoms. The number of hydrogen-bond acceptors (Lipinski definition) is 6. The summed E-state index contributed by atoms with van der Waals surface area (Å²) in [5.74, 6) is 5.47. The molecule has 198 valence electrons. The second kappa shape index (κ2) is 13.6. The number of carboxylic acid groups (broad SMARTS) is 2. The number of nitrogens with zero attached hydrogens (tertiary/aromatic N) is 3. The molecular formula is C27H33FN4O5. The molecule has 1 aliphatic heterocycles. The Bertz CT molecular complexity index is 1090. The maximum absolute atomic E-state index is 15.2. The van der Waals surface area contributed by atoms with Gasteiger partial charge in [0.2, 0.25) is 5.67 Å². The highest BCUT2D eigenvalue weighted by Gasteiger charge is 2.36. The number of anilines is 1. The van der Waals surface area contributed by atoms with Gasteiger partial charge in [-0.3, -0.25) is 24.2 Å². The van der Waals surface area contributed by atoms with Crippen LogP contribution in [0.2, 0.25) is 0 Å². The third kappa shape index (κ3) is 9.41. The number of rotatable bonds is 8. The molecule has 1 aliphatic carbocycles. The molecular weight excluding hydrogens is 479 g/mol. The van der Waals surface area contributed by atoms with Crippen molar-refractivity contribution < 1.29 is 29.0 Å². The summed E-state index contributed by atoms with van der Waals surface area (Å²) in [5, 5.41) is 21.0. The molecule has 9 nitrogen and oxygen atoms in total. The van der Waals surface area contributed by atoms with Crippen LogP contribution in [0.5, 0.6) is 0 Å². The first-order valence-corrected chi connectivity index (χ1v) is 12.4. The van der Waals surface area contributed by atoms with E-state index in [2.05, 4.69) is 34.0 Å². The Balaban J connectivity index is 1.64. The lowest BCUT2D eigenvalue weighted by atomic mass is 9.94. The van der Waals surface area contributed by atoms with Crippen molar-refractivity contribution in [1.82, 2.24) is 14.7 Å². The number of carbonyl (C=O) groups excluding carboxylic acids is 1. The van der Waals surface area contributed by atoms with Crippen LogP contribution in [-0.4, -0.2) is 94.2 Å². The number of carbonyl (C=O) groups is 3. The molecule has 1 aromatic carbocycles. The predicted octanol–water partition coefficient (Wildman–Crippen LogP) is 1.85. The number of halogens is 1. The minimum Gasteiger partial charge on any atom is -0.480 e. The van der Waals surface area contributed by atoms with E-state index in [0.717, 1.165) is 18.4 Å². The molecule has 3 N–H and O–H groups in total. The van der Waals surface area contributed by atoms with Crippen molar-refractivity contribution >= 4 is 23.5 Å². The zero-order chi connectivity index (χ0) is 26.7. The summed E-state index contributed by atoms with van der Waals surface area (Å²) in [6, 6.07) is 9.94. The molecule has 0 bridgehead atoms. The van der Waals surface area contributed by atoms with Crippen molar-refractivity contribution in [3.05, 3.63) is 29.8 Å². The fourth-order valence-electron chi connectivity index (χ4n) is 4.19. The van der Waals surface area contributed by atoms with Gasteiger partial charge in [-0.2, -0.15) is 0 Å². The number of nitrogens with one attached hydrogen (secondary N) is 1. The number of amides is 1. The van der Waals surface area contributed by atoms with Crippen LogP contribution >= 0.6 is 0 Å². The minimum atomic E-state index is -2.19. The largest absolute Gasteiger partial charge is 0.480 e. The van der Waals surface area contributed by atoms with Crippen molar-refractivity contribution in [2.24, 2.45) is 0 Å². The SMILES string of the molecule is O=C(O)CN1C#CCN(CC(=O)O)CCN(Cc2ccc(NC(=O)C3(F)C#CCCCCC3)cc2)CC1. The van der Waals surface area contributed by atoms with E-state index >= 15 is 4.39 Å². The van der Waals surface area contributed by atoms with Crippen LogP contribution in [0.1, 0.15) is 37.7 Å². The van der Waals surface area contributed by atoms with Crippen LogP contribution in [0.3, 0.4) is 0 Å². The summed E-state index contributed by atoms with van der Waals surface area (Å²) >= 11 is 0. The lowest BCUT2D eigenvalue weighted by Crippen LogP contribution is -2.42. The fraction of sp³-hybridized carbons (Fsp3) is 0.519. The van der Waals surface area contributed by atoms with Crippen LogP contribution in [-0.2, 0) is 20.9 Å². The molecule has 0 fully saturated rings. The summed E-state index contributed by atoms with van der Waals surface area (Å²) in [6.07, 6.45) is 3.08. The maximum atomic E-state index is 15.2. The van der Waals surface area contributed by atoms with E-state index in [1.807, 2.05) is 12.1 Å². The van der Waals surface area contributed by atoms with E-state index in [1.54, 1.807) is 17.0 Å². The molecule has 37 heavy (non-hydrogen) atoms. The molecule has 0 saturated carbocycles. The standard InChI is InChI=1S/C27H33FN4O5/c28-27(11-4-2-1-3-5-12-27)26(37)29-23-9-7-22(8-10-23)19-32-17-15-30(20-24(33)34)13-6-14-31(16-18-32)21-25(35)36/h7-10H,1-4,11,13,15-21H2,(H,29,37)(H,33,34)(H,35,36). The Kier molecular flexibility index (Phi) is 10.3. The van der Waals surface area contributed by atoms with E-state index in [0.29, 0.717) is 51.3 Å². The van der Waals surface area contributed by atoms with Gasteiger partial charge in [0.05, 0.1) is 13.1 Å². The van der Waals surface area contributed by atoms with Gasteiger partial charge in [0.25, 0.3) is 5.91 Å². The van der Waals surface area contributed by atoms with E-state index in [1.165, 1.54) is 4.90 Å². The van der Waals surface area contributed by atoms with E-state index in [4.69, 9.17) is 5.11 Å². The van der Waals surface area contributed by atoms with Crippen molar-refractivity contribution in [1.29, 1.82) is 0 Å². The number of aliphatic carboxylic acids is 2. The quantitative estimate of drug-likeness (QED) is 0.453. The monoisotopic (exact) mass is 512 g/mol. The molecule has 1 amide bonds. The van der Waals surface area contributed by atoms with E-state index in [9.17, 15) is 19.5 Å². The molecule has 1 atom stereocenters. The van der Waals surface area contributed by atoms with Gasteiger partial charge in [-0.25, -0.2) is 4.39 Å². The highest BCUT2D eigenvalue weighted by atomic mass is 19.1. The van der Waals surface area contributed by atoms with Gasteiger partial charge in [0, 0.05) is 57.3 Å². The average molecular weight is 513 g/mol. The second-order valence-corrected chi connectivity index (χ2v) is 9.30. The topological polar surface area (TPSA) is 113 Å². The Morgan fingerprint density at radius 1 is 0.919 bits per heavy atom. The van der Waals surface area contributed by atoms with Crippen molar-refractivity contribution in [3.8, 4) is 23.8 Å². The first kappa shape index (κ1) is 28.0. The summed E-state index contributed by atoms with van der Waals surface area (Å²) in [4.78, 5) is 40.3. The summed E-state index contributed by atoms with van der Waals surface area (Å²) in [6.45, 7) is 2.39. The normalized spacial score (nSPS) is 21.3. The van der Waals surface area contributed by atoms with Gasteiger partial charge in [0.1, 0.15) is 6.54 Å². The molecule has 3 rings (SSSR count). The lowest BCUT2D eigenvalue weighted by Gasteiger charge is -2.29. The smallest absolute Gasteiger partial charge is 0.323 e. The van der Waals surface area contributed by atoms with Crippen LogP contribution < -0.4 is 5.32 Å². The number of hydrogen-bond donors (Lipinski definition) is 3. The molecule has 0 aromatic heterocycles. The van der Waals surface area contributed by atoms with E-state index in [-0.39, 0.29) is 26.1 Å². The van der Waals surface area contributed by atoms with Gasteiger partial charge in [-0.05, 0) is 30.5 Å². The van der Waals surface area contributed by atoms with Gasteiger partial charge >= 0.3 is 11.9 Å². The molecule has 1 heterocycles. The van der Waals surface area contributed by atoms with Crippen LogP contribution in [0.15, 0.2) is 24.3 Å². The van der Waals surface area contributed by atoms with Crippen LogP contribution in [0.4, 0.5) is 10.1 Å². The van der Waals surface area contributed by atoms with Gasteiger partial charge < -0.3 is 20.4 Å². The minimum absolute atomic E-state index is 0.0844. The Hall–Kier alpha value is -3.60. The lowest BCUT2D eigenvalue weighted by molar-refractivity contribution is -0.138. The molecule has 1 aromatic rings. The van der Waals surface area contributed by atoms with Crippen LogP contribution in [0, 0.1) is 23.8 Å². The Morgan fingerprint density at radius 3 is 2.35 bits per heavy atom. The Labute approximate surface area is 216 Å². The zero-order valence-electron chi connectivity index (χ0n) is 20.8. The molecule has 1 unspecified atom stereocenters. The van der Waals surface area contributed by atoms with E-state index < -0.39 is 23.5 Å². The third-order valence-corrected chi connectivity index (χ3v) is 6.23. The summed E-state index contributed by atoms with van der Waals surface area (Å²) < 4.78 is 15.2.